The highest BCUT2D eigenvalue weighted by Crippen LogP contribution is 2.24. The van der Waals surface area contributed by atoms with Crippen LogP contribution in [0.15, 0.2) is 23.2 Å². The van der Waals surface area contributed by atoms with E-state index in [2.05, 4.69) is 15.6 Å². The summed E-state index contributed by atoms with van der Waals surface area (Å²) in [6.07, 6.45) is -1.55. The molecule has 0 heterocycles. The summed E-state index contributed by atoms with van der Waals surface area (Å²) in [6, 6.07) is 5.04. The van der Waals surface area contributed by atoms with Crippen molar-refractivity contribution in [2.24, 2.45) is 4.99 Å². The molecule has 9 heteroatoms. The molecule has 0 bridgehead atoms. The van der Waals surface area contributed by atoms with Gasteiger partial charge in [0.1, 0.15) is 11.2 Å². The number of hydrogen-bond acceptors (Lipinski definition) is 5. The topological polar surface area (TPSA) is 89.0 Å². The number of nitrogens with one attached hydrogen (secondary N) is 2. The molecule has 0 aliphatic carbocycles. The third kappa shape index (κ3) is 9.49. The Hall–Kier alpha value is -1.99. The molecular weight excluding hydrogens is 393 g/mol. The molecule has 1 rings (SSSR count). The lowest BCUT2D eigenvalue weighted by Crippen LogP contribution is -2.47. The fourth-order valence-corrected chi connectivity index (χ4v) is 2.27. The van der Waals surface area contributed by atoms with Gasteiger partial charge in [0.05, 0.1) is 6.54 Å². The SMILES string of the molecule is CC(C)(C)OC(=O)NC(=NCc1c(Cl)cccc1Cl)NC(=O)OC(C)(C)C. The second-order valence-electron chi connectivity index (χ2n) is 7.62. The normalized spacial score (nSPS) is 11.4. The fraction of sp³-hybridized carbons (Fsp3) is 0.500. The van der Waals surface area contributed by atoms with Crippen molar-refractivity contribution in [1.29, 1.82) is 0 Å². The summed E-state index contributed by atoms with van der Waals surface area (Å²) in [5.41, 5.74) is -0.879. The monoisotopic (exact) mass is 417 g/mol. The molecule has 0 saturated heterocycles. The first-order chi connectivity index (χ1) is 12.3. The van der Waals surface area contributed by atoms with E-state index in [1.165, 1.54) is 0 Å². The molecule has 2 N–H and O–H groups in total. The quantitative estimate of drug-likeness (QED) is 0.528. The molecule has 0 fully saturated rings. The van der Waals surface area contributed by atoms with E-state index in [1.807, 2.05) is 0 Å². The number of ether oxygens (including phenoxy) is 2. The van der Waals surface area contributed by atoms with Crippen LogP contribution < -0.4 is 10.6 Å². The number of nitrogens with zero attached hydrogens (tertiary/aromatic N) is 1. The maximum atomic E-state index is 12.0. The average Bonchev–Trinajstić information content (AvgIpc) is 2.42. The largest absolute Gasteiger partial charge is 0.444 e. The standard InChI is InChI=1S/C18H25Cl2N3O4/c1-17(2,3)26-15(24)22-14(23-16(25)27-18(4,5)6)21-10-11-12(19)8-7-9-13(11)20/h7-9H,10H2,1-6H3,(H2,21,22,23,24,25). The Bertz CT molecular complexity index is 670. The maximum Gasteiger partial charge on any atom is 0.414 e. The predicted octanol–water partition coefficient (Wildman–Crippen LogP) is 4.90. The van der Waals surface area contributed by atoms with Crippen molar-refractivity contribution in [2.45, 2.75) is 59.3 Å². The lowest BCUT2D eigenvalue weighted by atomic mass is 10.2. The molecule has 0 spiro atoms. The summed E-state index contributed by atoms with van der Waals surface area (Å²) >= 11 is 12.2. The van der Waals surface area contributed by atoms with Gasteiger partial charge in [0.15, 0.2) is 0 Å². The van der Waals surface area contributed by atoms with Crippen LogP contribution in [0.2, 0.25) is 10.0 Å². The number of aliphatic imine (C=N–C) groups is 1. The zero-order chi connectivity index (χ0) is 20.8. The highest BCUT2D eigenvalue weighted by Gasteiger charge is 2.21. The van der Waals surface area contributed by atoms with Crippen LogP contribution in [0.3, 0.4) is 0 Å². The van der Waals surface area contributed by atoms with Gasteiger partial charge in [-0.05, 0) is 53.7 Å². The van der Waals surface area contributed by atoms with Gasteiger partial charge in [0.25, 0.3) is 0 Å². The molecule has 150 valence electrons. The van der Waals surface area contributed by atoms with E-state index >= 15 is 0 Å². The van der Waals surface area contributed by atoms with Crippen LogP contribution in [0.1, 0.15) is 47.1 Å². The van der Waals surface area contributed by atoms with Crippen molar-refractivity contribution in [3.8, 4) is 0 Å². The molecule has 0 aliphatic rings. The number of rotatable bonds is 2. The first-order valence-corrected chi connectivity index (χ1v) is 9.00. The molecule has 0 aromatic heterocycles. The number of benzene rings is 1. The molecule has 0 unspecified atom stereocenters. The highest BCUT2D eigenvalue weighted by atomic mass is 35.5. The van der Waals surface area contributed by atoms with E-state index in [-0.39, 0.29) is 12.5 Å². The van der Waals surface area contributed by atoms with Crippen LogP contribution in [0.4, 0.5) is 9.59 Å². The van der Waals surface area contributed by atoms with E-state index in [0.29, 0.717) is 15.6 Å². The van der Waals surface area contributed by atoms with Crippen LogP contribution in [0, 0.1) is 0 Å². The Kier molecular flexibility index (Phi) is 7.92. The van der Waals surface area contributed by atoms with Gasteiger partial charge in [-0.1, -0.05) is 29.3 Å². The van der Waals surface area contributed by atoms with E-state index in [0.717, 1.165) is 0 Å². The summed E-state index contributed by atoms with van der Waals surface area (Å²) in [6.45, 7) is 10.3. The maximum absolute atomic E-state index is 12.0. The molecule has 1 aromatic rings. The van der Waals surface area contributed by atoms with Crippen LogP contribution in [0.5, 0.6) is 0 Å². The van der Waals surface area contributed by atoms with Gasteiger partial charge in [-0.25, -0.2) is 14.6 Å². The molecule has 7 nitrogen and oxygen atoms in total. The van der Waals surface area contributed by atoms with Gasteiger partial charge in [0.2, 0.25) is 5.96 Å². The van der Waals surface area contributed by atoms with Gasteiger partial charge >= 0.3 is 12.2 Å². The van der Waals surface area contributed by atoms with Gasteiger partial charge in [-0.3, -0.25) is 10.6 Å². The molecule has 0 saturated carbocycles. The van der Waals surface area contributed by atoms with Crippen LogP contribution in [-0.4, -0.2) is 29.3 Å². The molecule has 2 amide bonds. The zero-order valence-electron chi connectivity index (χ0n) is 16.3. The van der Waals surface area contributed by atoms with Crippen molar-refractivity contribution in [2.75, 3.05) is 0 Å². The zero-order valence-corrected chi connectivity index (χ0v) is 17.8. The summed E-state index contributed by atoms with van der Waals surface area (Å²) in [5.74, 6) is -0.144. The Balaban J connectivity index is 2.98. The van der Waals surface area contributed by atoms with Gasteiger partial charge in [-0.2, -0.15) is 0 Å². The highest BCUT2D eigenvalue weighted by molar-refractivity contribution is 6.36. The minimum atomic E-state index is -0.775. The molecule has 0 aliphatic heterocycles. The summed E-state index contributed by atoms with van der Waals surface area (Å²) < 4.78 is 10.4. The summed E-state index contributed by atoms with van der Waals surface area (Å²) in [5, 5.41) is 5.61. The third-order valence-corrected chi connectivity index (χ3v) is 3.40. The van der Waals surface area contributed by atoms with Gasteiger partial charge in [0, 0.05) is 15.6 Å². The van der Waals surface area contributed by atoms with Crippen molar-refractivity contribution >= 4 is 41.3 Å². The molecule has 0 radical (unpaired) electrons. The van der Waals surface area contributed by atoms with Gasteiger partial charge in [-0.15, -0.1) is 0 Å². The lowest BCUT2D eigenvalue weighted by molar-refractivity contribution is 0.0545. The number of amides is 2. The second kappa shape index (κ2) is 9.28. The van der Waals surface area contributed by atoms with E-state index in [9.17, 15) is 9.59 Å². The van der Waals surface area contributed by atoms with E-state index < -0.39 is 23.4 Å². The molecule has 27 heavy (non-hydrogen) atoms. The first-order valence-electron chi connectivity index (χ1n) is 8.24. The number of hydrogen-bond donors (Lipinski definition) is 2. The van der Waals surface area contributed by atoms with Crippen molar-refractivity contribution in [3.63, 3.8) is 0 Å². The van der Waals surface area contributed by atoms with E-state index in [4.69, 9.17) is 32.7 Å². The Morgan fingerprint density at radius 3 is 1.70 bits per heavy atom. The summed E-state index contributed by atoms with van der Waals surface area (Å²) in [7, 11) is 0. The summed E-state index contributed by atoms with van der Waals surface area (Å²) in [4.78, 5) is 28.2. The minimum absolute atomic E-state index is 0.0272. The van der Waals surface area contributed by atoms with Crippen LogP contribution >= 0.6 is 23.2 Å². The molecule has 0 atom stereocenters. The van der Waals surface area contributed by atoms with Crippen LogP contribution in [0.25, 0.3) is 0 Å². The Morgan fingerprint density at radius 2 is 1.33 bits per heavy atom. The lowest BCUT2D eigenvalue weighted by Gasteiger charge is -2.22. The number of alkyl carbamates (subject to hydrolysis) is 2. The number of carbonyl (C=O) groups is 2. The van der Waals surface area contributed by atoms with Gasteiger partial charge < -0.3 is 9.47 Å². The molecule has 1 aromatic carbocycles. The van der Waals surface area contributed by atoms with Crippen LogP contribution in [-0.2, 0) is 16.0 Å². The second-order valence-corrected chi connectivity index (χ2v) is 8.43. The van der Waals surface area contributed by atoms with E-state index in [1.54, 1.807) is 59.7 Å². The fourth-order valence-electron chi connectivity index (χ4n) is 1.75. The van der Waals surface area contributed by atoms with Crippen molar-refractivity contribution < 1.29 is 19.1 Å². The third-order valence-electron chi connectivity index (χ3n) is 2.70. The smallest absolute Gasteiger partial charge is 0.414 e. The Morgan fingerprint density at radius 1 is 0.926 bits per heavy atom. The first kappa shape index (κ1) is 23.0. The minimum Gasteiger partial charge on any atom is -0.444 e. The Labute approximate surface area is 169 Å². The predicted molar refractivity (Wildman–Crippen MR) is 106 cm³/mol. The molecular formula is C18H25Cl2N3O4. The average molecular weight is 418 g/mol. The van der Waals surface area contributed by atoms with Crippen molar-refractivity contribution in [1.82, 2.24) is 10.6 Å². The number of halogens is 2. The van der Waals surface area contributed by atoms with Crippen molar-refractivity contribution in [3.05, 3.63) is 33.8 Å². The number of carbonyl (C=O) groups excluding carboxylic acids is 2. The number of guanidine groups is 1.